The molecule has 0 aromatic carbocycles. The Morgan fingerprint density at radius 2 is 2.10 bits per heavy atom. The Kier molecular flexibility index (Phi) is 9.40. The third-order valence-electron chi connectivity index (χ3n) is 5.04. The topological polar surface area (TPSA) is 71.0 Å². The fourth-order valence-electron chi connectivity index (χ4n) is 3.54. The van der Waals surface area contributed by atoms with E-state index in [2.05, 4.69) is 45.0 Å². The van der Waals surface area contributed by atoms with Crippen LogP contribution in [0.25, 0.3) is 0 Å². The van der Waals surface area contributed by atoms with Gasteiger partial charge in [0, 0.05) is 36.8 Å². The van der Waals surface area contributed by atoms with Gasteiger partial charge >= 0.3 is 0 Å². The second kappa shape index (κ2) is 12.5. The molecule has 30 heavy (non-hydrogen) atoms. The van der Waals surface area contributed by atoms with Gasteiger partial charge in [0.25, 0.3) is 0 Å². The minimum absolute atomic E-state index is 0.377. The SMILES string of the molecule is CCNC(=NCc1cccnc1OCCOC)NCC(c1cccs1)N1CCCC1. The Balaban J connectivity index is 1.64. The summed E-state index contributed by atoms with van der Waals surface area (Å²) in [6, 6.07) is 8.66. The van der Waals surface area contributed by atoms with Crippen LogP contribution in [0.4, 0.5) is 0 Å². The van der Waals surface area contributed by atoms with Crippen molar-refractivity contribution in [1.29, 1.82) is 0 Å². The number of rotatable bonds is 11. The van der Waals surface area contributed by atoms with Gasteiger partial charge in [-0.05, 0) is 50.4 Å². The van der Waals surface area contributed by atoms with E-state index in [0.29, 0.717) is 31.7 Å². The lowest BCUT2D eigenvalue weighted by Crippen LogP contribution is -2.42. The van der Waals surface area contributed by atoms with E-state index in [9.17, 15) is 0 Å². The molecule has 2 aromatic heterocycles. The van der Waals surface area contributed by atoms with Crippen molar-refractivity contribution in [2.75, 3.05) is 46.5 Å². The number of nitrogens with one attached hydrogen (secondary N) is 2. The highest BCUT2D eigenvalue weighted by atomic mass is 32.1. The highest BCUT2D eigenvalue weighted by molar-refractivity contribution is 7.10. The number of guanidine groups is 1. The minimum Gasteiger partial charge on any atom is -0.475 e. The van der Waals surface area contributed by atoms with Gasteiger partial charge in [-0.25, -0.2) is 9.98 Å². The largest absolute Gasteiger partial charge is 0.475 e. The van der Waals surface area contributed by atoms with Gasteiger partial charge in [-0.15, -0.1) is 11.3 Å². The second-order valence-corrected chi connectivity index (χ2v) is 8.14. The molecule has 3 heterocycles. The number of aromatic nitrogens is 1. The molecular formula is C22H33N5O2S. The number of likely N-dealkylation sites (tertiary alicyclic amines) is 1. The molecule has 0 amide bonds. The average molecular weight is 432 g/mol. The highest BCUT2D eigenvalue weighted by Gasteiger charge is 2.24. The molecule has 0 bridgehead atoms. The molecule has 2 N–H and O–H groups in total. The monoisotopic (exact) mass is 431 g/mol. The predicted octanol–water partition coefficient (Wildman–Crippen LogP) is 3.06. The number of methoxy groups -OCH3 is 1. The first-order valence-corrected chi connectivity index (χ1v) is 11.5. The number of ether oxygens (including phenoxy) is 2. The predicted molar refractivity (Wildman–Crippen MR) is 122 cm³/mol. The zero-order valence-corrected chi connectivity index (χ0v) is 18.8. The summed E-state index contributed by atoms with van der Waals surface area (Å²) in [5, 5.41) is 9.07. The lowest BCUT2D eigenvalue weighted by molar-refractivity contribution is 0.143. The van der Waals surface area contributed by atoms with E-state index < -0.39 is 0 Å². The molecule has 0 radical (unpaired) electrons. The van der Waals surface area contributed by atoms with Gasteiger partial charge < -0.3 is 20.1 Å². The molecule has 1 saturated heterocycles. The van der Waals surface area contributed by atoms with Crippen molar-refractivity contribution in [2.24, 2.45) is 4.99 Å². The Labute approximate surface area is 183 Å². The van der Waals surface area contributed by atoms with Crippen LogP contribution in [-0.2, 0) is 11.3 Å². The molecule has 3 rings (SSSR count). The maximum atomic E-state index is 5.73. The molecule has 2 aromatic rings. The molecule has 0 saturated carbocycles. The van der Waals surface area contributed by atoms with Crippen molar-refractivity contribution in [1.82, 2.24) is 20.5 Å². The zero-order chi connectivity index (χ0) is 21.0. The number of aliphatic imine (C=N–C) groups is 1. The molecule has 164 valence electrons. The Morgan fingerprint density at radius 1 is 1.23 bits per heavy atom. The van der Waals surface area contributed by atoms with E-state index in [1.54, 1.807) is 13.3 Å². The summed E-state index contributed by atoms with van der Waals surface area (Å²) in [5.41, 5.74) is 0.958. The first kappa shape index (κ1) is 22.5. The normalized spacial score (nSPS) is 15.9. The number of thiophene rings is 1. The number of pyridine rings is 1. The minimum atomic E-state index is 0.377. The number of hydrogen-bond acceptors (Lipinski definition) is 6. The molecule has 0 aliphatic carbocycles. The lowest BCUT2D eigenvalue weighted by atomic mass is 10.2. The van der Waals surface area contributed by atoms with Crippen LogP contribution in [-0.4, -0.2) is 62.3 Å². The van der Waals surface area contributed by atoms with Gasteiger partial charge in [0.15, 0.2) is 5.96 Å². The van der Waals surface area contributed by atoms with E-state index in [1.165, 1.54) is 17.7 Å². The summed E-state index contributed by atoms with van der Waals surface area (Å²) in [5.74, 6) is 1.42. The van der Waals surface area contributed by atoms with Crippen LogP contribution >= 0.6 is 11.3 Å². The molecule has 1 aliphatic rings. The molecule has 1 unspecified atom stereocenters. The van der Waals surface area contributed by atoms with Crippen LogP contribution in [0.5, 0.6) is 5.88 Å². The summed E-state index contributed by atoms with van der Waals surface area (Å²) in [7, 11) is 1.66. The van der Waals surface area contributed by atoms with Gasteiger partial charge in [0.1, 0.15) is 6.61 Å². The van der Waals surface area contributed by atoms with Crippen LogP contribution < -0.4 is 15.4 Å². The standard InChI is InChI=1S/C22H33N5O2S/c1-3-23-22(25-16-18-8-6-10-24-21(18)29-14-13-28-2)26-17-19(20-9-7-15-30-20)27-11-4-5-12-27/h6-10,15,19H,3-5,11-14,16-17H2,1-2H3,(H2,23,25,26). The van der Waals surface area contributed by atoms with Gasteiger partial charge in [-0.2, -0.15) is 0 Å². The van der Waals surface area contributed by atoms with E-state index in [4.69, 9.17) is 14.5 Å². The van der Waals surface area contributed by atoms with Crippen LogP contribution in [0.3, 0.4) is 0 Å². The van der Waals surface area contributed by atoms with E-state index in [-0.39, 0.29) is 0 Å². The van der Waals surface area contributed by atoms with Crippen LogP contribution in [0.2, 0.25) is 0 Å². The zero-order valence-electron chi connectivity index (χ0n) is 18.0. The third-order valence-corrected chi connectivity index (χ3v) is 6.02. The third kappa shape index (κ3) is 6.68. The van der Waals surface area contributed by atoms with Crippen LogP contribution in [0.15, 0.2) is 40.8 Å². The fourth-order valence-corrected chi connectivity index (χ4v) is 4.40. The van der Waals surface area contributed by atoms with Crippen LogP contribution in [0.1, 0.15) is 36.2 Å². The maximum absolute atomic E-state index is 5.73. The first-order valence-electron chi connectivity index (χ1n) is 10.7. The van der Waals surface area contributed by atoms with Crippen molar-refractivity contribution in [2.45, 2.75) is 32.4 Å². The van der Waals surface area contributed by atoms with Crippen molar-refractivity contribution < 1.29 is 9.47 Å². The molecule has 1 aliphatic heterocycles. The molecule has 0 spiro atoms. The van der Waals surface area contributed by atoms with Crippen molar-refractivity contribution in [3.8, 4) is 5.88 Å². The Morgan fingerprint density at radius 3 is 2.83 bits per heavy atom. The Hall–Kier alpha value is -2.16. The second-order valence-electron chi connectivity index (χ2n) is 7.16. The van der Waals surface area contributed by atoms with Gasteiger partial charge in [-0.3, -0.25) is 4.90 Å². The Bertz CT molecular complexity index is 763. The van der Waals surface area contributed by atoms with Gasteiger partial charge in [-0.1, -0.05) is 12.1 Å². The smallest absolute Gasteiger partial charge is 0.218 e. The van der Waals surface area contributed by atoms with E-state index in [1.807, 2.05) is 23.5 Å². The van der Waals surface area contributed by atoms with Gasteiger partial charge in [0.05, 0.1) is 19.2 Å². The lowest BCUT2D eigenvalue weighted by Gasteiger charge is -2.27. The molecule has 8 heteroatoms. The molecule has 7 nitrogen and oxygen atoms in total. The van der Waals surface area contributed by atoms with E-state index >= 15 is 0 Å². The summed E-state index contributed by atoms with van der Waals surface area (Å²) in [6.07, 6.45) is 4.30. The summed E-state index contributed by atoms with van der Waals surface area (Å²) in [4.78, 5) is 13.1. The summed E-state index contributed by atoms with van der Waals surface area (Å²) < 4.78 is 10.8. The number of hydrogen-bond donors (Lipinski definition) is 2. The highest BCUT2D eigenvalue weighted by Crippen LogP contribution is 2.27. The van der Waals surface area contributed by atoms with Crippen molar-refractivity contribution >= 4 is 17.3 Å². The molecular weight excluding hydrogens is 398 g/mol. The van der Waals surface area contributed by atoms with Crippen LogP contribution in [0, 0.1) is 0 Å². The van der Waals surface area contributed by atoms with Crippen molar-refractivity contribution in [3.05, 3.63) is 46.3 Å². The number of nitrogens with zero attached hydrogens (tertiary/aromatic N) is 3. The van der Waals surface area contributed by atoms with E-state index in [0.717, 1.165) is 37.7 Å². The molecule has 1 atom stereocenters. The summed E-state index contributed by atoms with van der Waals surface area (Å²) in [6.45, 7) is 7.55. The fraction of sp³-hybridized carbons (Fsp3) is 0.545. The summed E-state index contributed by atoms with van der Waals surface area (Å²) >= 11 is 1.83. The quantitative estimate of drug-likeness (QED) is 0.324. The van der Waals surface area contributed by atoms with Gasteiger partial charge in [0.2, 0.25) is 5.88 Å². The molecule has 1 fully saturated rings. The average Bonchev–Trinajstić information content (AvgIpc) is 3.48. The maximum Gasteiger partial charge on any atom is 0.218 e. The first-order chi connectivity index (χ1) is 14.8. The van der Waals surface area contributed by atoms with Crippen molar-refractivity contribution in [3.63, 3.8) is 0 Å².